The van der Waals surface area contributed by atoms with Crippen LogP contribution in [0.25, 0.3) is 0 Å². The number of carbonyl (C=O) groups excluding carboxylic acids is 1. The Morgan fingerprint density at radius 1 is 0.933 bits per heavy atom. The van der Waals surface area contributed by atoms with Crippen molar-refractivity contribution in [2.45, 2.75) is 11.8 Å². The second-order valence-corrected chi connectivity index (χ2v) is 9.53. The summed E-state index contributed by atoms with van der Waals surface area (Å²) in [5.74, 6) is -0.579. The monoisotopic (exact) mass is 482 g/mol. The van der Waals surface area contributed by atoms with Gasteiger partial charge in [0.25, 0.3) is 10.0 Å². The fourth-order valence-electron chi connectivity index (χ4n) is 2.68. The average molecular weight is 484 g/mol. The molecule has 5 nitrogen and oxygen atoms in total. The maximum absolute atomic E-state index is 13.3. The van der Waals surface area contributed by atoms with Crippen molar-refractivity contribution in [2.24, 2.45) is 0 Å². The number of rotatable bonds is 6. The van der Waals surface area contributed by atoms with E-state index in [4.69, 9.17) is 34.8 Å². The molecule has 30 heavy (non-hydrogen) atoms. The molecule has 1 N–H and O–H groups in total. The van der Waals surface area contributed by atoms with Crippen molar-refractivity contribution < 1.29 is 13.2 Å². The van der Waals surface area contributed by atoms with Crippen molar-refractivity contribution >= 4 is 62.1 Å². The lowest BCUT2D eigenvalue weighted by atomic mass is 10.2. The standard InChI is InChI=1S/C21H17Cl3N2O3S/c1-14-5-11-17(12-6-14)30(28,29)26(16-9-7-15(22)8-10-16)13-20(27)25-19-4-2-3-18(23)21(19)24/h2-12H,13H2,1H3,(H,25,27). The van der Waals surface area contributed by atoms with Crippen molar-refractivity contribution in [2.75, 3.05) is 16.2 Å². The van der Waals surface area contributed by atoms with Crippen LogP contribution in [0.1, 0.15) is 5.56 Å². The van der Waals surface area contributed by atoms with Crippen LogP contribution in [-0.4, -0.2) is 20.9 Å². The maximum Gasteiger partial charge on any atom is 0.264 e. The highest BCUT2D eigenvalue weighted by Gasteiger charge is 2.27. The SMILES string of the molecule is Cc1ccc(S(=O)(=O)N(CC(=O)Nc2cccc(Cl)c2Cl)c2ccc(Cl)cc2)cc1. The number of anilines is 2. The number of benzene rings is 3. The van der Waals surface area contributed by atoms with Gasteiger partial charge in [-0.3, -0.25) is 9.10 Å². The summed E-state index contributed by atoms with van der Waals surface area (Å²) >= 11 is 18.0. The molecule has 0 radical (unpaired) electrons. The lowest BCUT2D eigenvalue weighted by Crippen LogP contribution is -2.38. The zero-order chi connectivity index (χ0) is 21.9. The molecule has 0 spiro atoms. The van der Waals surface area contributed by atoms with Gasteiger partial charge in [0.05, 0.1) is 26.3 Å². The number of hydrogen-bond acceptors (Lipinski definition) is 3. The molecule has 0 bridgehead atoms. The molecule has 0 unspecified atom stereocenters. The number of sulfonamides is 1. The fraction of sp³-hybridized carbons (Fsp3) is 0.0952. The zero-order valence-corrected chi connectivity index (χ0v) is 18.9. The summed E-state index contributed by atoms with van der Waals surface area (Å²) in [4.78, 5) is 12.8. The van der Waals surface area contributed by atoms with Crippen LogP contribution in [-0.2, 0) is 14.8 Å². The Bertz CT molecular complexity index is 1170. The summed E-state index contributed by atoms with van der Waals surface area (Å²) in [6, 6.07) is 17.4. The van der Waals surface area contributed by atoms with Crippen molar-refractivity contribution in [1.82, 2.24) is 0 Å². The van der Waals surface area contributed by atoms with Gasteiger partial charge in [-0.25, -0.2) is 8.42 Å². The molecule has 156 valence electrons. The molecule has 0 aliphatic carbocycles. The first-order chi connectivity index (χ1) is 14.2. The van der Waals surface area contributed by atoms with E-state index >= 15 is 0 Å². The van der Waals surface area contributed by atoms with Crippen LogP contribution >= 0.6 is 34.8 Å². The minimum absolute atomic E-state index is 0.0663. The number of nitrogens with one attached hydrogen (secondary N) is 1. The van der Waals surface area contributed by atoms with E-state index in [1.165, 1.54) is 24.3 Å². The summed E-state index contributed by atoms with van der Waals surface area (Å²) in [6.45, 7) is 1.39. The molecule has 0 heterocycles. The summed E-state index contributed by atoms with van der Waals surface area (Å²) in [7, 11) is -4.02. The normalized spacial score (nSPS) is 11.2. The number of hydrogen-bond donors (Lipinski definition) is 1. The minimum atomic E-state index is -4.02. The van der Waals surface area contributed by atoms with E-state index in [-0.39, 0.29) is 20.6 Å². The highest BCUT2D eigenvalue weighted by atomic mass is 35.5. The first-order valence-corrected chi connectivity index (χ1v) is 11.3. The van der Waals surface area contributed by atoms with Crippen LogP contribution in [0.4, 0.5) is 11.4 Å². The lowest BCUT2D eigenvalue weighted by Gasteiger charge is -2.24. The van der Waals surface area contributed by atoms with Gasteiger partial charge in [-0.1, -0.05) is 58.6 Å². The molecule has 0 aliphatic heterocycles. The third-order valence-corrected chi connectivity index (χ3v) is 7.10. The van der Waals surface area contributed by atoms with Crippen molar-refractivity contribution in [3.63, 3.8) is 0 Å². The van der Waals surface area contributed by atoms with Crippen LogP contribution in [0.5, 0.6) is 0 Å². The quantitative estimate of drug-likeness (QED) is 0.482. The molecular formula is C21H17Cl3N2O3S. The van der Waals surface area contributed by atoms with Gasteiger partial charge in [0.2, 0.25) is 5.91 Å². The Hall–Kier alpha value is -2.25. The molecule has 3 aromatic rings. The summed E-state index contributed by atoms with van der Waals surface area (Å²) in [5.41, 5.74) is 1.51. The molecule has 3 aromatic carbocycles. The van der Waals surface area contributed by atoms with Crippen molar-refractivity contribution in [3.8, 4) is 0 Å². The molecule has 1 amide bonds. The van der Waals surface area contributed by atoms with Gasteiger partial charge in [-0.05, 0) is 55.5 Å². The van der Waals surface area contributed by atoms with E-state index in [2.05, 4.69) is 5.32 Å². The van der Waals surface area contributed by atoms with Gasteiger partial charge < -0.3 is 5.32 Å². The number of carbonyl (C=O) groups is 1. The number of aryl methyl sites for hydroxylation is 1. The van der Waals surface area contributed by atoms with E-state index in [0.717, 1.165) is 9.87 Å². The Morgan fingerprint density at radius 2 is 1.57 bits per heavy atom. The maximum atomic E-state index is 13.3. The smallest absolute Gasteiger partial charge is 0.264 e. The van der Waals surface area contributed by atoms with Gasteiger partial charge in [-0.15, -0.1) is 0 Å². The number of amides is 1. The molecule has 0 aliphatic rings. The van der Waals surface area contributed by atoms with Gasteiger partial charge in [0.15, 0.2) is 0 Å². The van der Waals surface area contributed by atoms with E-state index in [1.807, 2.05) is 6.92 Å². The third kappa shape index (κ3) is 5.08. The number of nitrogens with zero attached hydrogens (tertiary/aromatic N) is 1. The van der Waals surface area contributed by atoms with Gasteiger partial charge >= 0.3 is 0 Å². The number of halogens is 3. The van der Waals surface area contributed by atoms with E-state index in [9.17, 15) is 13.2 Å². The van der Waals surface area contributed by atoms with E-state index < -0.39 is 22.5 Å². The largest absolute Gasteiger partial charge is 0.323 e. The average Bonchev–Trinajstić information content (AvgIpc) is 2.71. The molecule has 0 aromatic heterocycles. The zero-order valence-electron chi connectivity index (χ0n) is 15.8. The van der Waals surface area contributed by atoms with Gasteiger partial charge in [0, 0.05) is 5.02 Å². The van der Waals surface area contributed by atoms with Gasteiger partial charge in [-0.2, -0.15) is 0 Å². The highest BCUT2D eigenvalue weighted by Crippen LogP contribution is 2.30. The molecule has 9 heteroatoms. The summed E-state index contributed by atoms with van der Waals surface area (Å²) < 4.78 is 27.6. The van der Waals surface area contributed by atoms with Crippen LogP contribution in [0.3, 0.4) is 0 Å². The van der Waals surface area contributed by atoms with Crippen LogP contribution in [0, 0.1) is 6.92 Å². The van der Waals surface area contributed by atoms with Crippen LogP contribution in [0.2, 0.25) is 15.1 Å². The second-order valence-electron chi connectivity index (χ2n) is 6.45. The molecular weight excluding hydrogens is 467 g/mol. The van der Waals surface area contributed by atoms with Crippen LogP contribution < -0.4 is 9.62 Å². The Morgan fingerprint density at radius 3 is 2.20 bits per heavy atom. The highest BCUT2D eigenvalue weighted by molar-refractivity contribution is 7.92. The Balaban J connectivity index is 1.95. The van der Waals surface area contributed by atoms with Crippen molar-refractivity contribution in [1.29, 1.82) is 0 Å². The van der Waals surface area contributed by atoms with E-state index in [1.54, 1.807) is 42.5 Å². The topological polar surface area (TPSA) is 66.5 Å². The summed E-state index contributed by atoms with van der Waals surface area (Å²) in [5, 5.41) is 3.50. The molecule has 0 atom stereocenters. The molecule has 3 rings (SSSR count). The Kier molecular flexibility index (Phi) is 6.93. The first-order valence-electron chi connectivity index (χ1n) is 8.77. The fourth-order valence-corrected chi connectivity index (χ4v) is 4.58. The first kappa shape index (κ1) is 22.4. The molecule has 0 saturated carbocycles. The van der Waals surface area contributed by atoms with Gasteiger partial charge in [0.1, 0.15) is 6.54 Å². The predicted octanol–water partition coefficient (Wildman–Crippen LogP) is 5.79. The second kappa shape index (κ2) is 9.27. The van der Waals surface area contributed by atoms with E-state index in [0.29, 0.717) is 10.7 Å². The molecule has 0 saturated heterocycles. The summed E-state index contributed by atoms with van der Waals surface area (Å²) in [6.07, 6.45) is 0. The van der Waals surface area contributed by atoms with Crippen LogP contribution in [0.15, 0.2) is 71.6 Å². The Labute approximate surface area is 190 Å². The van der Waals surface area contributed by atoms with Crippen molar-refractivity contribution in [3.05, 3.63) is 87.4 Å². The molecule has 0 fully saturated rings. The minimum Gasteiger partial charge on any atom is -0.323 e. The lowest BCUT2D eigenvalue weighted by molar-refractivity contribution is -0.114. The predicted molar refractivity (Wildman–Crippen MR) is 122 cm³/mol. The third-order valence-electron chi connectivity index (χ3n) is 4.24.